The molecule has 1 aromatic rings. The van der Waals surface area contributed by atoms with E-state index in [0.29, 0.717) is 29.5 Å². The van der Waals surface area contributed by atoms with E-state index in [1.165, 1.54) is 0 Å². The van der Waals surface area contributed by atoms with Crippen LogP contribution in [0.4, 0.5) is 0 Å². The van der Waals surface area contributed by atoms with E-state index in [-0.39, 0.29) is 24.6 Å². The molecule has 0 bridgehead atoms. The summed E-state index contributed by atoms with van der Waals surface area (Å²) in [6.45, 7) is 4.66. The Labute approximate surface area is 147 Å². The lowest BCUT2D eigenvalue weighted by atomic mass is 9.98. The Balaban J connectivity index is 1.49. The van der Waals surface area contributed by atoms with Crippen LogP contribution in [0.3, 0.4) is 0 Å². The highest BCUT2D eigenvalue weighted by molar-refractivity contribution is 5.98. The van der Waals surface area contributed by atoms with Gasteiger partial charge in [0.1, 0.15) is 6.04 Å². The molecule has 1 aromatic carbocycles. The van der Waals surface area contributed by atoms with Gasteiger partial charge < -0.3 is 19.3 Å². The van der Waals surface area contributed by atoms with Crippen molar-refractivity contribution in [3.63, 3.8) is 0 Å². The van der Waals surface area contributed by atoms with E-state index in [1.54, 1.807) is 23.1 Å². The average Bonchev–Trinajstić information content (AvgIpc) is 3.29. The number of ether oxygens (including phenoxy) is 2. The van der Waals surface area contributed by atoms with E-state index >= 15 is 0 Å². The maximum Gasteiger partial charge on any atom is 0.254 e. The Morgan fingerprint density at radius 2 is 1.80 bits per heavy atom. The largest absolute Gasteiger partial charge is 0.454 e. The van der Waals surface area contributed by atoms with E-state index in [4.69, 9.17) is 9.47 Å². The summed E-state index contributed by atoms with van der Waals surface area (Å²) in [5.41, 5.74) is 0.552. The van der Waals surface area contributed by atoms with Gasteiger partial charge in [-0.05, 0) is 49.8 Å². The zero-order valence-electron chi connectivity index (χ0n) is 14.6. The monoisotopic (exact) mass is 344 g/mol. The van der Waals surface area contributed by atoms with E-state index in [9.17, 15) is 9.59 Å². The summed E-state index contributed by atoms with van der Waals surface area (Å²) in [5.74, 6) is 1.95. The SMILES string of the molecule is CC1CCN(C(=O)[C@@H]2CCCN2C(=O)c2ccc3c(c2)OCO3)CC1. The molecule has 2 fully saturated rings. The molecule has 0 aliphatic carbocycles. The van der Waals surface area contributed by atoms with E-state index < -0.39 is 0 Å². The van der Waals surface area contributed by atoms with Crippen molar-refractivity contribution in [3.05, 3.63) is 23.8 Å². The van der Waals surface area contributed by atoms with E-state index in [1.807, 2.05) is 4.90 Å². The average molecular weight is 344 g/mol. The highest BCUT2D eigenvalue weighted by Gasteiger charge is 2.37. The van der Waals surface area contributed by atoms with Crippen molar-refractivity contribution in [2.24, 2.45) is 5.92 Å². The molecule has 0 aromatic heterocycles. The highest BCUT2D eigenvalue weighted by atomic mass is 16.7. The van der Waals surface area contributed by atoms with Crippen molar-refractivity contribution in [1.29, 1.82) is 0 Å². The Bertz CT molecular complexity index is 682. The third-order valence-corrected chi connectivity index (χ3v) is 5.51. The lowest BCUT2D eigenvalue weighted by molar-refractivity contribution is -0.136. The minimum absolute atomic E-state index is 0.0977. The van der Waals surface area contributed by atoms with Crippen LogP contribution in [0.5, 0.6) is 11.5 Å². The fourth-order valence-corrected chi connectivity index (χ4v) is 3.90. The number of carbonyl (C=O) groups is 2. The van der Waals surface area contributed by atoms with Crippen LogP contribution in [-0.4, -0.2) is 54.1 Å². The third kappa shape index (κ3) is 3.05. The van der Waals surface area contributed by atoms with Gasteiger partial charge in [-0.1, -0.05) is 6.92 Å². The smallest absolute Gasteiger partial charge is 0.254 e. The standard InChI is InChI=1S/C19H24N2O4/c1-13-6-9-20(10-7-13)19(23)15-3-2-8-21(15)18(22)14-4-5-16-17(11-14)25-12-24-16/h4-5,11,13,15H,2-3,6-10,12H2,1H3/t15-/m0/s1. The Hall–Kier alpha value is -2.24. The first-order valence-electron chi connectivity index (χ1n) is 9.13. The number of piperidine rings is 1. The molecule has 0 saturated carbocycles. The number of rotatable bonds is 2. The second kappa shape index (κ2) is 6.58. The molecule has 25 heavy (non-hydrogen) atoms. The summed E-state index contributed by atoms with van der Waals surface area (Å²) in [6.07, 6.45) is 3.72. The Kier molecular flexibility index (Phi) is 4.27. The van der Waals surface area contributed by atoms with Crippen molar-refractivity contribution in [3.8, 4) is 11.5 Å². The quantitative estimate of drug-likeness (QED) is 0.826. The number of amides is 2. The van der Waals surface area contributed by atoms with Gasteiger partial charge in [0, 0.05) is 25.2 Å². The van der Waals surface area contributed by atoms with Crippen LogP contribution in [0.1, 0.15) is 43.0 Å². The summed E-state index contributed by atoms with van der Waals surface area (Å²) in [5, 5.41) is 0. The molecule has 4 rings (SSSR count). The molecule has 3 heterocycles. The van der Waals surface area contributed by atoms with E-state index in [0.717, 1.165) is 38.8 Å². The molecule has 0 unspecified atom stereocenters. The molecule has 1 atom stereocenters. The van der Waals surface area contributed by atoms with Gasteiger partial charge >= 0.3 is 0 Å². The first-order chi connectivity index (χ1) is 12.1. The van der Waals surface area contributed by atoms with Crippen molar-refractivity contribution >= 4 is 11.8 Å². The van der Waals surface area contributed by atoms with Gasteiger partial charge in [-0.3, -0.25) is 9.59 Å². The van der Waals surface area contributed by atoms with Crippen LogP contribution < -0.4 is 9.47 Å². The van der Waals surface area contributed by atoms with Crippen LogP contribution in [-0.2, 0) is 4.79 Å². The van der Waals surface area contributed by atoms with Gasteiger partial charge in [-0.15, -0.1) is 0 Å². The van der Waals surface area contributed by atoms with Crippen molar-refractivity contribution in [2.45, 2.75) is 38.6 Å². The second-order valence-corrected chi connectivity index (χ2v) is 7.23. The molecule has 134 valence electrons. The predicted octanol–water partition coefficient (Wildman–Crippen LogP) is 2.28. The normalized spacial score (nSPS) is 23.2. The molecule has 2 saturated heterocycles. The van der Waals surface area contributed by atoms with Crippen LogP contribution in [0.2, 0.25) is 0 Å². The third-order valence-electron chi connectivity index (χ3n) is 5.51. The minimum Gasteiger partial charge on any atom is -0.454 e. The number of hydrogen-bond acceptors (Lipinski definition) is 4. The molecule has 6 heteroatoms. The van der Waals surface area contributed by atoms with Crippen LogP contribution in [0.15, 0.2) is 18.2 Å². The maximum atomic E-state index is 13.0. The number of hydrogen-bond donors (Lipinski definition) is 0. The fraction of sp³-hybridized carbons (Fsp3) is 0.579. The second-order valence-electron chi connectivity index (χ2n) is 7.23. The van der Waals surface area contributed by atoms with Gasteiger partial charge in [0.05, 0.1) is 0 Å². The number of nitrogens with zero attached hydrogens (tertiary/aromatic N) is 2. The van der Waals surface area contributed by atoms with Crippen LogP contribution >= 0.6 is 0 Å². The first-order valence-corrected chi connectivity index (χ1v) is 9.13. The Morgan fingerprint density at radius 3 is 2.60 bits per heavy atom. The predicted molar refractivity (Wildman–Crippen MR) is 91.6 cm³/mol. The summed E-state index contributed by atoms with van der Waals surface area (Å²) in [7, 11) is 0. The minimum atomic E-state index is -0.327. The van der Waals surface area contributed by atoms with Crippen LogP contribution in [0, 0.1) is 5.92 Å². The Morgan fingerprint density at radius 1 is 1.04 bits per heavy atom. The summed E-state index contributed by atoms with van der Waals surface area (Å²) in [4.78, 5) is 29.6. The molecular formula is C19H24N2O4. The number of likely N-dealkylation sites (tertiary alicyclic amines) is 2. The van der Waals surface area contributed by atoms with E-state index in [2.05, 4.69) is 6.92 Å². The molecule has 3 aliphatic heterocycles. The van der Waals surface area contributed by atoms with Gasteiger partial charge in [-0.25, -0.2) is 0 Å². The van der Waals surface area contributed by atoms with Crippen LogP contribution in [0.25, 0.3) is 0 Å². The number of benzene rings is 1. The topological polar surface area (TPSA) is 59.1 Å². The lowest BCUT2D eigenvalue weighted by Gasteiger charge is -2.34. The fourth-order valence-electron chi connectivity index (χ4n) is 3.90. The number of fused-ring (bicyclic) bond motifs is 1. The van der Waals surface area contributed by atoms with Crippen molar-refractivity contribution in [1.82, 2.24) is 9.80 Å². The molecule has 0 spiro atoms. The van der Waals surface area contributed by atoms with Gasteiger partial charge in [0.2, 0.25) is 12.7 Å². The molecule has 3 aliphatic rings. The van der Waals surface area contributed by atoms with Gasteiger partial charge in [0.15, 0.2) is 11.5 Å². The molecule has 0 N–H and O–H groups in total. The summed E-state index contributed by atoms with van der Waals surface area (Å²) < 4.78 is 10.7. The zero-order valence-corrected chi connectivity index (χ0v) is 14.6. The lowest BCUT2D eigenvalue weighted by Crippen LogP contribution is -2.49. The molecule has 2 amide bonds. The van der Waals surface area contributed by atoms with Gasteiger partial charge in [0.25, 0.3) is 5.91 Å². The van der Waals surface area contributed by atoms with Crippen molar-refractivity contribution in [2.75, 3.05) is 26.4 Å². The van der Waals surface area contributed by atoms with Gasteiger partial charge in [-0.2, -0.15) is 0 Å². The summed E-state index contributed by atoms with van der Waals surface area (Å²) >= 11 is 0. The maximum absolute atomic E-state index is 13.0. The number of carbonyl (C=O) groups excluding carboxylic acids is 2. The highest BCUT2D eigenvalue weighted by Crippen LogP contribution is 2.33. The zero-order chi connectivity index (χ0) is 17.4. The van der Waals surface area contributed by atoms with Crippen molar-refractivity contribution < 1.29 is 19.1 Å². The molecule has 0 radical (unpaired) electrons. The molecule has 6 nitrogen and oxygen atoms in total. The summed E-state index contributed by atoms with van der Waals surface area (Å²) in [6, 6.07) is 4.89. The first kappa shape index (κ1) is 16.2. The molecular weight excluding hydrogens is 320 g/mol.